The van der Waals surface area contributed by atoms with E-state index < -0.39 is 0 Å². The Balaban J connectivity index is 2.12. The minimum absolute atomic E-state index is 0.265. The van der Waals surface area contributed by atoms with E-state index in [1.54, 1.807) is 0 Å². The molecule has 0 aliphatic carbocycles. The Morgan fingerprint density at radius 3 is 2.63 bits per heavy atom. The molecule has 2 heteroatoms. The molecule has 1 aromatic carbocycles. The van der Waals surface area contributed by atoms with E-state index in [-0.39, 0.29) is 6.61 Å². The van der Waals surface area contributed by atoms with E-state index in [1.165, 1.54) is 5.56 Å². The number of hydrogen-bond acceptors (Lipinski definition) is 2. The topological polar surface area (TPSA) is 29.5 Å². The molecule has 0 aliphatic rings. The predicted molar refractivity (Wildman–Crippen MR) is 79.9 cm³/mol. The molecule has 0 fully saturated rings. The first-order valence-corrected chi connectivity index (χ1v) is 7.11. The molecule has 2 atom stereocenters. The summed E-state index contributed by atoms with van der Waals surface area (Å²) in [5.74, 6) is 0.990. The molecule has 0 aliphatic heterocycles. The summed E-state index contributed by atoms with van der Waals surface area (Å²) in [6.45, 7) is 6.07. The quantitative estimate of drug-likeness (QED) is 0.686. The van der Waals surface area contributed by atoms with Crippen LogP contribution in [0.15, 0.2) is 42.5 Å². The first-order chi connectivity index (χ1) is 9.22. The van der Waals surface area contributed by atoms with Gasteiger partial charge in [-0.1, -0.05) is 56.3 Å². The Labute approximate surface area is 117 Å². The average Bonchev–Trinajstić information content (AvgIpc) is 2.40. The van der Waals surface area contributed by atoms with Crippen molar-refractivity contribution < 1.29 is 9.84 Å². The zero-order chi connectivity index (χ0) is 13.9. The van der Waals surface area contributed by atoms with E-state index in [9.17, 15) is 0 Å². The van der Waals surface area contributed by atoms with Gasteiger partial charge in [0.1, 0.15) is 0 Å². The number of ether oxygens (including phenoxy) is 1. The van der Waals surface area contributed by atoms with Crippen LogP contribution in [0, 0.1) is 11.8 Å². The zero-order valence-corrected chi connectivity index (χ0v) is 12.1. The lowest BCUT2D eigenvalue weighted by molar-refractivity contribution is 0.0929. The van der Waals surface area contributed by atoms with Gasteiger partial charge in [-0.25, -0.2) is 0 Å². The van der Waals surface area contributed by atoms with Gasteiger partial charge in [0.05, 0.1) is 6.61 Å². The highest BCUT2D eigenvalue weighted by atomic mass is 16.5. The Morgan fingerprint density at radius 2 is 1.95 bits per heavy atom. The maximum atomic E-state index is 8.82. The van der Waals surface area contributed by atoms with Crippen LogP contribution in [0.25, 0.3) is 0 Å². The zero-order valence-electron chi connectivity index (χ0n) is 12.1. The second-order valence-electron chi connectivity index (χ2n) is 5.26. The molecule has 0 spiro atoms. The number of rotatable bonds is 9. The molecule has 0 saturated heterocycles. The van der Waals surface area contributed by atoms with Crippen molar-refractivity contribution in [3.05, 3.63) is 48.0 Å². The van der Waals surface area contributed by atoms with E-state index >= 15 is 0 Å². The monoisotopic (exact) mass is 262 g/mol. The normalized spacial score (nSPS) is 14.7. The summed E-state index contributed by atoms with van der Waals surface area (Å²) >= 11 is 0. The molecule has 0 radical (unpaired) electrons. The summed E-state index contributed by atoms with van der Waals surface area (Å²) in [7, 11) is 0. The summed E-state index contributed by atoms with van der Waals surface area (Å²) in [5, 5.41) is 8.82. The molecule has 0 bridgehead atoms. The van der Waals surface area contributed by atoms with Gasteiger partial charge in [0, 0.05) is 13.2 Å². The first-order valence-electron chi connectivity index (χ1n) is 7.11. The average molecular weight is 262 g/mol. The predicted octanol–water partition coefficient (Wildman–Crippen LogP) is 3.80. The summed E-state index contributed by atoms with van der Waals surface area (Å²) in [6, 6.07) is 10.3. The van der Waals surface area contributed by atoms with E-state index in [1.807, 2.05) is 18.2 Å². The highest BCUT2D eigenvalue weighted by molar-refractivity contribution is 5.13. The van der Waals surface area contributed by atoms with Gasteiger partial charge < -0.3 is 9.84 Å². The van der Waals surface area contributed by atoms with E-state index in [0.29, 0.717) is 18.4 Å². The van der Waals surface area contributed by atoms with Crippen LogP contribution in [0.5, 0.6) is 0 Å². The maximum Gasteiger partial charge on any atom is 0.0717 e. The van der Waals surface area contributed by atoms with E-state index in [4.69, 9.17) is 9.84 Å². The highest BCUT2D eigenvalue weighted by Gasteiger charge is 2.01. The highest BCUT2D eigenvalue weighted by Crippen LogP contribution is 2.09. The van der Waals surface area contributed by atoms with Gasteiger partial charge in [0.15, 0.2) is 0 Å². The molecule has 2 unspecified atom stereocenters. The minimum Gasteiger partial charge on any atom is -0.396 e. The molecule has 0 saturated carbocycles. The van der Waals surface area contributed by atoms with Crippen LogP contribution in [0.3, 0.4) is 0 Å². The smallest absolute Gasteiger partial charge is 0.0717 e. The molecule has 0 heterocycles. The molecule has 0 amide bonds. The lowest BCUT2D eigenvalue weighted by Crippen LogP contribution is -2.05. The van der Waals surface area contributed by atoms with Gasteiger partial charge in [-0.3, -0.25) is 0 Å². The van der Waals surface area contributed by atoms with Crippen molar-refractivity contribution in [3.63, 3.8) is 0 Å². The standard InChI is InChI=1S/C17H26O2/c1-15(11-12-18)7-6-8-16(2)13-19-14-17-9-4-3-5-10-17/h3-7,9-10,15-16,18H,8,11-14H2,1-2H3. The van der Waals surface area contributed by atoms with Crippen LogP contribution in [0.1, 0.15) is 32.3 Å². The third kappa shape index (κ3) is 7.81. The minimum atomic E-state index is 0.265. The van der Waals surface area contributed by atoms with Crippen molar-refractivity contribution >= 4 is 0 Å². The molecule has 1 N–H and O–H groups in total. The van der Waals surface area contributed by atoms with Crippen LogP contribution in [0.4, 0.5) is 0 Å². The fourth-order valence-electron chi connectivity index (χ4n) is 1.86. The fourth-order valence-corrected chi connectivity index (χ4v) is 1.86. The lowest BCUT2D eigenvalue weighted by Gasteiger charge is -2.10. The number of benzene rings is 1. The number of aliphatic hydroxyl groups excluding tert-OH is 1. The van der Waals surface area contributed by atoms with Crippen molar-refractivity contribution in [1.82, 2.24) is 0 Å². The third-order valence-corrected chi connectivity index (χ3v) is 3.10. The van der Waals surface area contributed by atoms with Gasteiger partial charge in [-0.2, -0.15) is 0 Å². The lowest BCUT2D eigenvalue weighted by atomic mass is 10.0. The van der Waals surface area contributed by atoms with E-state index in [0.717, 1.165) is 19.4 Å². The Bertz CT molecular complexity index is 346. The molecule has 0 aromatic heterocycles. The number of aliphatic hydroxyl groups is 1. The van der Waals surface area contributed by atoms with Crippen LogP contribution < -0.4 is 0 Å². The van der Waals surface area contributed by atoms with Gasteiger partial charge in [-0.05, 0) is 30.2 Å². The summed E-state index contributed by atoms with van der Waals surface area (Å²) in [5.41, 5.74) is 1.22. The van der Waals surface area contributed by atoms with Crippen molar-refractivity contribution in [2.45, 2.75) is 33.3 Å². The van der Waals surface area contributed by atoms with Crippen molar-refractivity contribution in [1.29, 1.82) is 0 Å². The second-order valence-corrected chi connectivity index (χ2v) is 5.26. The largest absolute Gasteiger partial charge is 0.396 e. The van der Waals surface area contributed by atoms with Crippen molar-refractivity contribution in [2.24, 2.45) is 11.8 Å². The molecular weight excluding hydrogens is 236 g/mol. The van der Waals surface area contributed by atoms with Gasteiger partial charge in [0.2, 0.25) is 0 Å². The second kappa shape index (κ2) is 9.76. The van der Waals surface area contributed by atoms with Crippen LogP contribution in [-0.2, 0) is 11.3 Å². The van der Waals surface area contributed by atoms with Crippen LogP contribution in [-0.4, -0.2) is 18.3 Å². The molecule has 1 aromatic rings. The van der Waals surface area contributed by atoms with Gasteiger partial charge in [0.25, 0.3) is 0 Å². The Kier molecular flexibility index (Phi) is 8.19. The van der Waals surface area contributed by atoms with Crippen LogP contribution in [0.2, 0.25) is 0 Å². The molecule has 2 nitrogen and oxygen atoms in total. The summed E-state index contributed by atoms with van der Waals surface area (Å²) in [6.07, 6.45) is 6.26. The number of allylic oxidation sites excluding steroid dienone is 2. The van der Waals surface area contributed by atoms with Crippen molar-refractivity contribution in [2.75, 3.05) is 13.2 Å². The van der Waals surface area contributed by atoms with Crippen LogP contribution >= 0.6 is 0 Å². The van der Waals surface area contributed by atoms with Crippen molar-refractivity contribution in [3.8, 4) is 0 Å². The Morgan fingerprint density at radius 1 is 1.21 bits per heavy atom. The molecule has 19 heavy (non-hydrogen) atoms. The number of hydrogen-bond donors (Lipinski definition) is 1. The van der Waals surface area contributed by atoms with E-state index in [2.05, 4.69) is 38.1 Å². The first kappa shape index (κ1) is 15.9. The van der Waals surface area contributed by atoms with Gasteiger partial charge in [-0.15, -0.1) is 0 Å². The summed E-state index contributed by atoms with van der Waals surface area (Å²) < 4.78 is 5.71. The molecule has 1 rings (SSSR count). The fraction of sp³-hybridized carbons (Fsp3) is 0.529. The molecular formula is C17H26O2. The van der Waals surface area contributed by atoms with Gasteiger partial charge >= 0.3 is 0 Å². The maximum absolute atomic E-state index is 8.82. The Hall–Kier alpha value is -1.12. The summed E-state index contributed by atoms with van der Waals surface area (Å²) in [4.78, 5) is 0. The SMILES string of the molecule is CC(C=CCC(C)COCc1ccccc1)CCO. The molecule has 106 valence electrons. The third-order valence-electron chi connectivity index (χ3n) is 3.10.